The highest BCUT2D eigenvalue weighted by Gasteiger charge is 2.51. The molecule has 0 aromatic heterocycles. The van der Waals surface area contributed by atoms with Crippen molar-refractivity contribution in [3.05, 3.63) is 23.8 Å². The first-order valence-electron chi connectivity index (χ1n) is 8.55. The first-order chi connectivity index (χ1) is 12.6. The lowest BCUT2D eigenvalue weighted by molar-refractivity contribution is -0.123. The number of anilines is 1. The molecule has 1 unspecified atom stereocenters. The summed E-state index contributed by atoms with van der Waals surface area (Å²) in [6, 6.07) is 3.84. The van der Waals surface area contributed by atoms with E-state index in [1.54, 1.807) is 6.92 Å². The quantitative estimate of drug-likeness (QED) is 0.450. The maximum absolute atomic E-state index is 13.0. The van der Waals surface area contributed by atoms with E-state index in [1.165, 1.54) is 12.1 Å². The van der Waals surface area contributed by atoms with Crippen molar-refractivity contribution < 1.29 is 31.0 Å². The standard InChI is InChI=1S/C17H19NO7S2/c1-10-7-8-12(13(9-10)27(23,24)25)18-16(19)14(11-5-3-2-4-6-11)15(17(18)20)26(21)22/h7-9,11,14H,2-6H2,1H3,(H,23,24,25). The molecular weight excluding hydrogens is 394 g/mol. The van der Waals surface area contributed by atoms with Crippen LogP contribution in [0.4, 0.5) is 5.69 Å². The second-order valence-electron chi connectivity index (χ2n) is 6.90. The van der Waals surface area contributed by atoms with E-state index in [-0.39, 0.29) is 11.6 Å². The van der Waals surface area contributed by atoms with Gasteiger partial charge in [-0.3, -0.25) is 14.1 Å². The van der Waals surface area contributed by atoms with Gasteiger partial charge in [-0.05, 0) is 43.4 Å². The lowest BCUT2D eigenvalue weighted by atomic mass is 9.79. The SMILES string of the molecule is Cc1ccc(N2C(=O)C(=S(=O)=O)C(C3CCCCC3)C2=O)c(S(=O)(=O)O)c1. The summed E-state index contributed by atoms with van der Waals surface area (Å²) in [5.74, 6) is -3.23. The second kappa shape index (κ2) is 7.17. The van der Waals surface area contributed by atoms with Gasteiger partial charge in [0.05, 0.1) is 11.6 Å². The van der Waals surface area contributed by atoms with Gasteiger partial charge in [-0.1, -0.05) is 25.3 Å². The molecule has 1 saturated heterocycles. The first kappa shape index (κ1) is 19.7. The van der Waals surface area contributed by atoms with Gasteiger partial charge in [0.1, 0.15) is 4.90 Å². The Hall–Kier alpha value is -2.04. The van der Waals surface area contributed by atoms with Gasteiger partial charge in [-0.15, -0.1) is 0 Å². The van der Waals surface area contributed by atoms with Gasteiger partial charge in [-0.25, -0.2) is 4.90 Å². The third kappa shape index (κ3) is 3.56. The Kier molecular flexibility index (Phi) is 5.24. The van der Waals surface area contributed by atoms with E-state index >= 15 is 0 Å². The van der Waals surface area contributed by atoms with E-state index in [0.29, 0.717) is 23.3 Å². The Morgan fingerprint density at radius 2 is 1.74 bits per heavy atom. The number of carbonyl (C=O) groups excluding carboxylic acids is 2. The summed E-state index contributed by atoms with van der Waals surface area (Å²) >= 11 is 0. The molecule has 1 aromatic rings. The number of hydrogen-bond donors (Lipinski definition) is 1. The first-order valence-corrected chi connectivity index (χ1v) is 11.1. The monoisotopic (exact) mass is 413 g/mol. The summed E-state index contributed by atoms with van der Waals surface area (Å²) in [5, 5.41) is 0. The van der Waals surface area contributed by atoms with Crippen LogP contribution >= 0.6 is 0 Å². The van der Waals surface area contributed by atoms with Crippen molar-refractivity contribution in [2.24, 2.45) is 11.8 Å². The number of carbonyl (C=O) groups is 2. The summed E-state index contributed by atoms with van der Waals surface area (Å²) in [6.45, 7) is 1.58. The fraction of sp³-hybridized carbons (Fsp3) is 0.471. The predicted molar refractivity (Wildman–Crippen MR) is 97.5 cm³/mol. The maximum atomic E-state index is 13.0. The molecule has 10 heteroatoms. The number of amides is 2. The molecule has 1 aliphatic carbocycles. The Morgan fingerprint density at radius 3 is 2.30 bits per heavy atom. The number of rotatable bonds is 3. The highest BCUT2D eigenvalue weighted by molar-refractivity contribution is 7.86. The molecule has 2 amide bonds. The molecule has 2 aliphatic rings. The zero-order valence-corrected chi connectivity index (χ0v) is 16.2. The molecule has 1 atom stereocenters. The molecule has 0 spiro atoms. The smallest absolute Gasteiger partial charge is 0.282 e. The van der Waals surface area contributed by atoms with Crippen molar-refractivity contribution in [2.45, 2.75) is 43.9 Å². The van der Waals surface area contributed by atoms with Crippen LogP contribution in [0.25, 0.3) is 0 Å². The van der Waals surface area contributed by atoms with Gasteiger partial charge in [-0.2, -0.15) is 16.8 Å². The van der Waals surface area contributed by atoms with Crippen LogP contribution in [0.5, 0.6) is 0 Å². The largest absolute Gasteiger partial charge is 0.296 e. The molecule has 3 rings (SSSR count). The van der Waals surface area contributed by atoms with Crippen molar-refractivity contribution in [2.75, 3.05) is 4.90 Å². The van der Waals surface area contributed by atoms with Crippen LogP contribution in [0.2, 0.25) is 0 Å². The minimum Gasteiger partial charge on any atom is -0.282 e. The van der Waals surface area contributed by atoms with Gasteiger partial charge >= 0.3 is 0 Å². The Labute approximate surface area is 158 Å². The Balaban J connectivity index is 2.17. The molecule has 1 aliphatic heterocycles. The average molecular weight is 413 g/mol. The molecular formula is C17H19NO7S2. The van der Waals surface area contributed by atoms with Gasteiger partial charge in [0, 0.05) is 0 Å². The number of imide groups is 1. The molecule has 1 N–H and O–H groups in total. The number of nitrogens with zero attached hydrogens (tertiary/aromatic N) is 1. The van der Waals surface area contributed by atoms with Crippen molar-refractivity contribution in [3.63, 3.8) is 0 Å². The zero-order valence-electron chi connectivity index (χ0n) is 14.6. The summed E-state index contributed by atoms with van der Waals surface area (Å²) in [7, 11) is -7.64. The lowest BCUT2D eigenvalue weighted by Crippen LogP contribution is -2.33. The topological polar surface area (TPSA) is 126 Å². The summed E-state index contributed by atoms with van der Waals surface area (Å²) in [5.41, 5.74) is 0.158. The van der Waals surface area contributed by atoms with Crippen LogP contribution in [0.1, 0.15) is 37.7 Å². The third-order valence-corrected chi connectivity index (χ3v) is 6.79. The third-order valence-electron chi connectivity index (χ3n) is 5.12. The number of aryl methyl sites for hydroxylation is 1. The van der Waals surface area contributed by atoms with E-state index < -0.39 is 47.9 Å². The predicted octanol–water partition coefficient (Wildman–Crippen LogP) is 1.36. The zero-order chi connectivity index (χ0) is 19.9. The van der Waals surface area contributed by atoms with Gasteiger partial charge in [0.15, 0.2) is 4.86 Å². The average Bonchev–Trinajstić information content (AvgIpc) is 2.86. The van der Waals surface area contributed by atoms with E-state index in [2.05, 4.69) is 0 Å². The Bertz CT molecular complexity index is 1040. The molecule has 0 radical (unpaired) electrons. The maximum Gasteiger partial charge on any atom is 0.296 e. The van der Waals surface area contributed by atoms with E-state index in [1.807, 2.05) is 0 Å². The van der Waals surface area contributed by atoms with Crippen molar-refractivity contribution in [1.82, 2.24) is 0 Å². The molecule has 0 bridgehead atoms. The molecule has 27 heavy (non-hydrogen) atoms. The normalized spacial score (nSPS) is 21.8. The number of benzene rings is 1. The van der Waals surface area contributed by atoms with Gasteiger partial charge in [0.25, 0.3) is 16.0 Å². The fourth-order valence-corrected chi connectivity index (χ4v) is 5.39. The molecule has 2 fully saturated rings. The van der Waals surface area contributed by atoms with E-state index in [4.69, 9.17) is 0 Å². The van der Waals surface area contributed by atoms with E-state index in [0.717, 1.165) is 25.3 Å². The van der Waals surface area contributed by atoms with Crippen LogP contribution < -0.4 is 4.90 Å². The van der Waals surface area contributed by atoms with Crippen molar-refractivity contribution >= 4 is 42.8 Å². The van der Waals surface area contributed by atoms with Crippen molar-refractivity contribution in [1.29, 1.82) is 0 Å². The molecule has 1 aromatic carbocycles. The van der Waals surface area contributed by atoms with Crippen LogP contribution in [-0.4, -0.2) is 38.1 Å². The second-order valence-corrected chi connectivity index (χ2v) is 9.20. The summed E-state index contributed by atoms with van der Waals surface area (Å²) < 4.78 is 56.5. The molecule has 1 saturated carbocycles. The van der Waals surface area contributed by atoms with Crippen LogP contribution in [0.15, 0.2) is 23.1 Å². The van der Waals surface area contributed by atoms with Gasteiger partial charge in [0.2, 0.25) is 16.2 Å². The minimum atomic E-state index is -4.73. The number of hydrogen-bond acceptors (Lipinski definition) is 6. The molecule has 8 nitrogen and oxygen atoms in total. The van der Waals surface area contributed by atoms with Crippen molar-refractivity contribution in [3.8, 4) is 0 Å². The van der Waals surface area contributed by atoms with Crippen LogP contribution in [0, 0.1) is 18.8 Å². The van der Waals surface area contributed by atoms with Gasteiger partial charge < -0.3 is 0 Å². The summed E-state index contributed by atoms with van der Waals surface area (Å²) in [6.07, 6.45) is 3.90. The van der Waals surface area contributed by atoms with E-state index in [9.17, 15) is 31.0 Å². The molecule has 1 heterocycles. The highest BCUT2D eigenvalue weighted by atomic mass is 32.2. The van der Waals surface area contributed by atoms with Crippen LogP contribution in [0.3, 0.4) is 0 Å². The fourth-order valence-electron chi connectivity index (χ4n) is 3.89. The molecule has 146 valence electrons. The summed E-state index contributed by atoms with van der Waals surface area (Å²) in [4.78, 5) is 25.2. The Morgan fingerprint density at radius 1 is 1.11 bits per heavy atom. The minimum absolute atomic E-state index is 0.285. The highest BCUT2D eigenvalue weighted by Crippen LogP contribution is 2.38. The van der Waals surface area contributed by atoms with Crippen LogP contribution in [-0.2, 0) is 30.0 Å². The lowest BCUT2D eigenvalue weighted by Gasteiger charge is -2.25.